The monoisotopic (exact) mass is 464 g/mol. The van der Waals surface area contributed by atoms with E-state index in [2.05, 4.69) is 95.7 Å². The fourth-order valence-electron chi connectivity index (χ4n) is 2.85. The summed E-state index contributed by atoms with van der Waals surface area (Å²) in [5.74, 6) is 0. The van der Waals surface area contributed by atoms with Crippen LogP contribution in [0.25, 0.3) is 43.8 Å². The number of hydrogen-bond donors (Lipinski definition) is 0. The summed E-state index contributed by atoms with van der Waals surface area (Å²) in [6.45, 7) is 0. The van der Waals surface area contributed by atoms with Crippen molar-refractivity contribution in [2.24, 2.45) is 0 Å². The van der Waals surface area contributed by atoms with Gasteiger partial charge in [-0.1, -0.05) is 12.1 Å². The summed E-state index contributed by atoms with van der Waals surface area (Å²) in [5, 5.41) is 4.22. The first-order valence-electron chi connectivity index (χ1n) is 9.07. The predicted molar refractivity (Wildman–Crippen MR) is 137 cm³/mol. The first-order chi connectivity index (χ1) is 14.3. The van der Waals surface area contributed by atoms with E-state index in [1.807, 2.05) is 34.0 Å². The second-order valence-electron chi connectivity index (χ2n) is 6.27. The zero-order valence-electron chi connectivity index (χ0n) is 15.3. The van der Waals surface area contributed by atoms with Gasteiger partial charge in [0.2, 0.25) is 0 Å². The Kier molecular flexibility index (Phi) is 5.74. The van der Waals surface area contributed by atoms with E-state index >= 15 is 0 Å². The predicted octanol–water partition coefficient (Wildman–Crippen LogP) is 9.67. The van der Waals surface area contributed by atoms with E-state index < -0.39 is 0 Å². The van der Waals surface area contributed by atoms with Crippen LogP contribution in [0.1, 0.15) is 19.5 Å². The van der Waals surface area contributed by atoms with Crippen LogP contribution in [0.5, 0.6) is 0 Å². The SMILES string of the molecule is C(=C\c1ccc(-c2ccc(-c3ccc(/C=C/c4cccs4)s3)s2)s1)/c1cccs1. The molecule has 0 atom stereocenters. The topological polar surface area (TPSA) is 0 Å². The Morgan fingerprint density at radius 2 is 0.828 bits per heavy atom. The molecular formula is C24H16S5. The summed E-state index contributed by atoms with van der Waals surface area (Å²) in [4.78, 5) is 10.5. The van der Waals surface area contributed by atoms with Crippen LogP contribution in [0, 0.1) is 0 Å². The maximum Gasteiger partial charge on any atom is 0.0449 e. The zero-order chi connectivity index (χ0) is 19.5. The smallest absolute Gasteiger partial charge is 0.0449 e. The van der Waals surface area contributed by atoms with E-state index in [1.54, 1.807) is 22.7 Å². The highest BCUT2D eigenvalue weighted by molar-refractivity contribution is 7.26. The Labute approximate surface area is 190 Å². The van der Waals surface area contributed by atoms with Crippen molar-refractivity contribution in [3.63, 3.8) is 0 Å². The molecule has 0 aromatic carbocycles. The van der Waals surface area contributed by atoms with E-state index in [0.29, 0.717) is 0 Å². The molecule has 0 aliphatic rings. The Bertz CT molecular complexity index is 1140. The largest absolute Gasteiger partial charge is 0.144 e. The van der Waals surface area contributed by atoms with Gasteiger partial charge < -0.3 is 0 Å². The Morgan fingerprint density at radius 3 is 1.28 bits per heavy atom. The van der Waals surface area contributed by atoms with Crippen LogP contribution in [-0.4, -0.2) is 0 Å². The standard InChI is InChI=1S/C24H16S5/c1-3-17(25-15-1)5-7-19-9-11-21(27-19)23-13-14-24(29-23)22-12-10-20(28-22)8-6-18-4-2-16-26-18/h1-16H/b7-5+,8-6+. The second-order valence-corrected chi connectivity index (χ2v) is 11.5. The van der Waals surface area contributed by atoms with Gasteiger partial charge in [-0.2, -0.15) is 0 Å². The average Bonchev–Trinajstić information content (AvgIpc) is 3.54. The van der Waals surface area contributed by atoms with Crippen molar-refractivity contribution in [2.75, 3.05) is 0 Å². The van der Waals surface area contributed by atoms with E-state index in [4.69, 9.17) is 0 Å². The van der Waals surface area contributed by atoms with Crippen LogP contribution in [0.3, 0.4) is 0 Å². The number of hydrogen-bond acceptors (Lipinski definition) is 5. The van der Waals surface area contributed by atoms with Gasteiger partial charge in [-0.3, -0.25) is 0 Å². The molecule has 0 saturated heterocycles. The van der Waals surface area contributed by atoms with Gasteiger partial charge >= 0.3 is 0 Å². The molecule has 0 unspecified atom stereocenters. The van der Waals surface area contributed by atoms with E-state index in [1.165, 1.54) is 39.0 Å². The van der Waals surface area contributed by atoms with Crippen LogP contribution >= 0.6 is 56.7 Å². The van der Waals surface area contributed by atoms with Crippen molar-refractivity contribution in [2.45, 2.75) is 0 Å². The van der Waals surface area contributed by atoms with Gasteiger partial charge in [0.05, 0.1) is 0 Å². The molecule has 142 valence electrons. The van der Waals surface area contributed by atoms with Crippen LogP contribution in [0.15, 0.2) is 71.4 Å². The van der Waals surface area contributed by atoms with Gasteiger partial charge in [0.1, 0.15) is 0 Å². The minimum absolute atomic E-state index is 1.29. The van der Waals surface area contributed by atoms with Crippen molar-refractivity contribution in [1.82, 2.24) is 0 Å². The molecule has 0 spiro atoms. The second kappa shape index (κ2) is 8.78. The summed E-state index contributed by atoms with van der Waals surface area (Å²) < 4.78 is 0. The lowest BCUT2D eigenvalue weighted by atomic mass is 10.3. The van der Waals surface area contributed by atoms with Crippen LogP contribution in [-0.2, 0) is 0 Å². The summed E-state index contributed by atoms with van der Waals surface area (Å²) in [5.41, 5.74) is 0. The lowest BCUT2D eigenvalue weighted by Gasteiger charge is -1.91. The minimum atomic E-state index is 1.29. The maximum absolute atomic E-state index is 2.25. The van der Waals surface area contributed by atoms with Crippen molar-refractivity contribution in [1.29, 1.82) is 0 Å². The van der Waals surface area contributed by atoms with E-state index in [-0.39, 0.29) is 0 Å². The zero-order valence-corrected chi connectivity index (χ0v) is 19.4. The molecule has 0 saturated carbocycles. The molecule has 29 heavy (non-hydrogen) atoms. The third kappa shape index (κ3) is 4.60. The Morgan fingerprint density at radius 1 is 0.414 bits per heavy atom. The summed E-state index contributed by atoms with van der Waals surface area (Å²) in [7, 11) is 0. The van der Waals surface area contributed by atoms with Crippen LogP contribution in [0.4, 0.5) is 0 Å². The molecule has 0 N–H and O–H groups in total. The third-order valence-corrected chi connectivity index (χ3v) is 9.51. The molecule has 5 heterocycles. The molecule has 0 radical (unpaired) electrons. The summed E-state index contributed by atoms with van der Waals surface area (Å²) >= 11 is 9.11. The molecule has 5 aromatic heterocycles. The minimum Gasteiger partial charge on any atom is -0.144 e. The molecule has 0 amide bonds. The lowest BCUT2D eigenvalue weighted by molar-refractivity contribution is 1.89. The highest BCUT2D eigenvalue weighted by atomic mass is 32.1. The molecule has 0 aliphatic carbocycles. The normalized spacial score (nSPS) is 11.9. The molecule has 5 heteroatoms. The van der Waals surface area contributed by atoms with Crippen LogP contribution in [0.2, 0.25) is 0 Å². The maximum atomic E-state index is 2.25. The van der Waals surface area contributed by atoms with E-state index in [9.17, 15) is 0 Å². The Hall–Kier alpha value is -2.02. The fraction of sp³-hybridized carbons (Fsp3) is 0. The third-order valence-electron chi connectivity index (χ3n) is 4.26. The molecule has 0 fully saturated rings. The van der Waals surface area contributed by atoms with Crippen LogP contribution < -0.4 is 0 Å². The Balaban J connectivity index is 1.31. The highest BCUT2D eigenvalue weighted by Gasteiger charge is 2.09. The van der Waals surface area contributed by atoms with Gasteiger partial charge in [-0.15, -0.1) is 56.7 Å². The van der Waals surface area contributed by atoms with Gasteiger partial charge in [0, 0.05) is 39.0 Å². The number of thiophene rings is 5. The lowest BCUT2D eigenvalue weighted by Crippen LogP contribution is -1.58. The van der Waals surface area contributed by atoms with Crippen molar-refractivity contribution >= 4 is 81.0 Å². The number of rotatable bonds is 6. The molecule has 0 aliphatic heterocycles. The quantitative estimate of drug-likeness (QED) is 0.234. The van der Waals surface area contributed by atoms with Gasteiger partial charge in [-0.25, -0.2) is 0 Å². The molecular weight excluding hydrogens is 449 g/mol. The fourth-order valence-corrected chi connectivity index (χ4v) is 7.10. The average molecular weight is 465 g/mol. The van der Waals surface area contributed by atoms with Crippen molar-refractivity contribution in [3.05, 3.63) is 90.9 Å². The molecule has 5 aromatic rings. The molecule has 0 bridgehead atoms. The van der Waals surface area contributed by atoms with Gasteiger partial charge in [-0.05, 0) is 83.6 Å². The first kappa shape index (κ1) is 19.0. The van der Waals surface area contributed by atoms with Gasteiger partial charge in [0.15, 0.2) is 0 Å². The first-order valence-corrected chi connectivity index (χ1v) is 13.3. The molecule has 0 nitrogen and oxygen atoms in total. The van der Waals surface area contributed by atoms with Gasteiger partial charge in [0.25, 0.3) is 0 Å². The highest BCUT2D eigenvalue weighted by Crippen LogP contribution is 2.40. The van der Waals surface area contributed by atoms with Crippen molar-refractivity contribution < 1.29 is 0 Å². The van der Waals surface area contributed by atoms with Crippen molar-refractivity contribution in [3.8, 4) is 19.5 Å². The molecule has 5 rings (SSSR count). The summed E-state index contributed by atoms with van der Waals surface area (Å²) in [6.07, 6.45) is 8.80. The summed E-state index contributed by atoms with van der Waals surface area (Å²) in [6, 6.07) is 21.9. The van der Waals surface area contributed by atoms with E-state index in [0.717, 1.165) is 0 Å².